The first-order chi connectivity index (χ1) is 17.9. The molecule has 0 radical (unpaired) electrons. The topological polar surface area (TPSA) is 107 Å². The van der Waals surface area contributed by atoms with Crippen LogP contribution in [-0.2, 0) is 14.3 Å². The summed E-state index contributed by atoms with van der Waals surface area (Å²) in [5.74, 6) is 0.834. The number of Topliss-reactive ketones (excluding diaryl/α,β-unsaturated/α-hetero) is 1. The molecule has 0 saturated carbocycles. The molecule has 0 unspecified atom stereocenters. The zero-order valence-corrected chi connectivity index (χ0v) is 23.4. The van der Waals surface area contributed by atoms with Crippen molar-refractivity contribution in [3.63, 3.8) is 0 Å². The number of phenols is 1. The summed E-state index contributed by atoms with van der Waals surface area (Å²) in [6.07, 6.45) is 8.61. The average Bonchev–Trinajstić information content (AvgIpc) is 2.90. The van der Waals surface area contributed by atoms with E-state index in [0.29, 0.717) is 49.2 Å². The Kier molecular flexibility index (Phi) is 21.5. The van der Waals surface area contributed by atoms with Crippen molar-refractivity contribution in [2.45, 2.75) is 65.2 Å². The Balaban J connectivity index is 0.000000560. The minimum atomic E-state index is -0.0675. The number of benzene rings is 2. The number of unbranched alkanes of at least 4 members (excludes halogenated alkanes) is 4. The van der Waals surface area contributed by atoms with E-state index in [1.807, 2.05) is 19.1 Å². The predicted molar refractivity (Wildman–Crippen MR) is 149 cm³/mol. The molecule has 1 N–H and O–H groups in total. The summed E-state index contributed by atoms with van der Waals surface area (Å²) in [6, 6.07) is 13.6. The van der Waals surface area contributed by atoms with Gasteiger partial charge in [-0.2, -0.15) is 0 Å². The van der Waals surface area contributed by atoms with Crippen molar-refractivity contribution in [2.24, 2.45) is 0 Å². The van der Waals surface area contributed by atoms with Crippen LogP contribution in [0.25, 0.3) is 0 Å². The fourth-order valence-electron chi connectivity index (χ4n) is 2.91. The number of esters is 1. The number of hydrogen-bond acceptors (Lipinski definition) is 7. The molecule has 0 aromatic heterocycles. The van der Waals surface area contributed by atoms with Crippen molar-refractivity contribution in [2.75, 3.05) is 18.5 Å². The molecule has 8 heteroatoms. The Morgan fingerprint density at radius 3 is 2.00 bits per heavy atom. The smallest absolute Gasteiger partial charge is 0.305 e. The number of phenolic OH excluding ortho intramolecular Hbond substituents is 1. The van der Waals surface area contributed by atoms with E-state index in [1.54, 1.807) is 37.3 Å². The number of carbonyl (C=O) groups excluding carboxylic acids is 4. The first-order valence-corrected chi connectivity index (χ1v) is 13.6. The van der Waals surface area contributed by atoms with Crippen LogP contribution in [0.1, 0.15) is 85.9 Å². The van der Waals surface area contributed by atoms with Crippen LogP contribution in [0.2, 0.25) is 0 Å². The number of alkyl halides is 1. The second-order valence-corrected chi connectivity index (χ2v) is 8.79. The molecule has 2 rings (SSSR count). The van der Waals surface area contributed by atoms with Crippen LogP contribution in [0.5, 0.6) is 11.5 Å². The molecular weight excluding hydrogens is 540 g/mol. The molecular formula is C29H39BrO7. The van der Waals surface area contributed by atoms with Crippen LogP contribution in [0, 0.1) is 0 Å². The maximum absolute atomic E-state index is 10.8. The lowest BCUT2D eigenvalue weighted by Gasteiger charge is -2.07. The summed E-state index contributed by atoms with van der Waals surface area (Å²) < 4.78 is 10.3. The Bertz CT molecular complexity index is 915. The van der Waals surface area contributed by atoms with Crippen molar-refractivity contribution < 1.29 is 33.8 Å². The van der Waals surface area contributed by atoms with Crippen LogP contribution in [-0.4, -0.2) is 48.0 Å². The molecule has 7 nitrogen and oxygen atoms in total. The quantitative estimate of drug-likeness (QED) is 0.108. The molecule has 204 valence electrons. The zero-order chi connectivity index (χ0) is 27.7. The molecule has 0 heterocycles. The molecule has 0 atom stereocenters. The number of carbonyl (C=O) groups is 4. The van der Waals surface area contributed by atoms with Crippen molar-refractivity contribution >= 4 is 40.3 Å². The summed E-state index contributed by atoms with van der Waals surface area (Å²) in [7, 11) is 0. The lowest BCUT2D eigenvalue weighted by molar-refractivity contribution is -0.143. The summed E-state index contributed by atoms with van der Waals surface area (Å²) in [6.45, 7) is 4.52. The first-order valence-electron chi connectivity index (χ1n) is 12.5. The van der Waals surface area contributed by atoms with Crippen molar-refractivity contribution in [1.29, 1.82) is 0 Å². The number of rotatable bonds is 15. The average molecular weight is 580 g/mol. The Morgan fingerprint density at radius 1 is 0.838 bits per heavy atom. The van der Waals surface area contributed by atoms with Crippen LogP contribution in [0.15, 0.2) is 48.5 Å². The minimum Gasteiger partial charge on any atom is -0.507 e. The largest absolute Gasteiger partial charge is 0.507 e. The van der Waals surface area contributed by atoms with Crippen LogP contribution < -0.4 is 4.74 Å². The van der Waals surface area contributed by atoms with Gasteiger partial charge in [0.25, 0.3) is 0 Å². The molecule has 2 aromatic rings. The van der Waals surface area contributed by atoms with Crippen LogP contribution in [0.4, 0.5) is 0 Å². The summed E-state index contributed by atoms with van der Waals surface area (Å²) >= 11 is 3.33. The molecule has 0 bridgehead atoms. The maximum Gasteiger partial charge on any atom is 0.305 e. The van der Waals surface area contributed by atoms with E-state index in [9.17, 15) is 19.2 Å². The Morgan fingerprint density at radius 2 is 1.43 bits per heavy atom. The third kappa shape index (κ3) is 18.9. The number of aromatic hydroxyl groups is 1. The van der Waals surface area contributed by atoms with E-state index in [-0.39, 0.29) is 17.5 Å². The first kappa shape index (κ1) is 34.0. The van der Waals surface area contributed by atoms with E-state index in [2.05, 4.69) is 15.9 Å². The SMILES string of the molecule is CC(=O)CCCCCOc1ccccc1C=O.CCOC(=O)CCCCCBr.O=Cc1ccccc1O. The van der Waals surface area contributed by atoms with E-state index in [1.165, 1.54) is 6.07 Å². The van der Waals surface area contributed by atoms with Gasteiger partial charge >= 0.3 is 5.97 Å². The Hall–Kier alpha value is -3.00. The fraction of sp³-hybridized carbons (Fsp3) is 0.448. The lowest BCUT2D eigenvalue weighted by atomic mass is 10.1. The van der Waals surface area contributed by atoms with Crippen molar-refractivity contribution in [3.8, 4) is 11.5 Å². The normalized spacial score (nSPS) is 9.59. The van der Waals surface area contributed by atoms with Gasteiger partial charge < -0.3 is 19.4 Å². The highest BCUT2D eigenvalue weighted by Crippen LogP contribution is 2.16. The second-order valence-electron chi connectivity index (χ2n) is 8.00. The van der Waals surface area contributed by atoms with Gasteiger partial charge in [0, 0.05) is 18.2 Å². The third-order valence-corrected chi connectivity index (χ3v) is 5.42. The van der Waals surface area contributed by atoms with E-state index < -0.39 is 0 Å². The number of aldehydes is 2. The van der Waals surface area contributed by atoms with Gasteiger partial charge in [-0.3, -0.25) is 14.4 Å². The van der Waals surface area contributed by atoms with Gasteiger partial charge in [0.05, 0.1) is 24.3 Å². The second kappa shape index (κ2) is 23.4. The van der Waals surface area contributed by atoms with Gasteiger partial charge in [0.1, 0.15) is 17.3 Å². The van der Waals surface area contributed by atoms with E-state index in [4.69, 9.17) is 14.6 Å². The highest BCUT2D eigenvalue weighted by Gasteiger charge is 2.01. The molecule has 2 aromatic carbocycles. The molecule has 0 aliphatic carbocycles. The molecule has 0 aliphatic heterocycles. The third-order valence-electron chi connectivity index (χ3n) is 4.86. The standard InChI is InChI=1S/C14H18O3.C8H15BrO2.C7H6O2/c1-12(16)7-3-2-6-10-17-14-9-5-4-8-13(14)11-15;1-2-11-8(10)6-4-3-5-7-9;8-5-6-3-1-2-4-7(6)9/h4-5,8-9,11H,2-3,6-7,10H2,1H3;2-7H2,1H3;1-5,9H. The van der Waals surface area contributed by atoms with Crippen molar-refractivity contribution in [3.05, 3.63) is 59.7 Å². The molecule has 0 spiro atoms. The number of ketones is 1. The molecule has 37 heavy (non-hydrogen) atoms. The van der Waals surface area contributed by atoms with Gasteiger partial charge in [0.15, 0.2) is 12.6 Å². The van der Waals surface area contributed by atoms with Gasteiger partial charge in [0.2, 0.25) is 0 Å². The van der Waals surface area contributed by atoms with Gasteiger partial charge in [-0.15, -0.1) is 0 Å². The zero-order valence-electron chi connectivity index (χ0n) is 21.8. The van der Waals surface area contributed by atoms with Crippen molar-refractivity contribution in [1.82, 2.24) is 0 Å². The minimum absolute atomic E-state index is 0.0347. The number of halogens is 1. The highest BCUT2D eigenvalue weighted by atomic mass is 79.9. The summed E-state index contributed by atoms with van der Waals surface area (Å²) in [5, 5.41) is 9.90. The van der Waals surface area contributed by atoms with E-state index in [0.717, 1.165) is 50.1 Å². The molecule has 0 fully saturated rings. The summed E-state index contributed by atoms with van der Waals surface area (Å²) in [5.41, 5.74) is 0.911. The summed E-state index contributed by atoms with van der Waals surface area (Å²) in [4.78, 5) is 42.3. The van der Waals surface area contributed by atoms with E-state index >= 15 is 0 Å². The highest BCUT2D eigenvalue weighted by molar-refractivity contribution is 9.09. The molecule has 0 amide bonds. The molecule has 0 saturated heterocycles. The Labute approximate surface area is 228 Å². The monoisotopic (exact) mass is 578 g/mol. The van der Waals surface area contributed by atoms with Crippen LogP contribution in [0.3, 0.4) is 0 Å². The molecule has 0 aliphatic rings. The number of para-hydroxylation sites is 2. The van der Waals surface area contributed by atoms with Gasteiger partial charge in [-0.05, 0) is 70.2 Å². The maximum atomic E-state index is 10.8. The van der Waals surface area contributed by atoms with Gasteiger partial charge in [-0.25, -0.2) is 0 Å². The predicted octanol–water partition coefficient (Wildman–Crippen LogP) is 6.74. The number of hydrogen-bond donors (Lipinski definition) is 1. The van der Waals surface area contributed by atoms with Gasteiger partial charge in [-0.1, -0.05) is 46.6 Å². The lowest BCUT2D eigenvalue weighted by Crippen LogP contribution is -2.03. The fourth-order valence-corrected chi connectivity index (χ4v) is 3.30. The number of ether oxygens (including phenoxy) is 2. The van der Waals surface area contributed by atoms with Crippen LogP contribution >= 0.6 is 15.9 Å².